The lowest BCUT2D eigenvalue weighted by Crippen LogP contribution is -2.54. The number of aliphatic hydroxyl groups is 1. The Labute approximate surface area is 136 Å². The molecule has 0 radical (unpaired) electrons. The van der Waals surface area contributed by atoms with E-state index in [1.807, 2.05) is 24.3 Å². The van der Waals surface area contributed by atoms with E-state index in [4.69, 9.17) is 5.73 Å². The van der Waals surface area contributed by atoms with Crippen molar-refractivity contribution in [3.8, 4) is 0 Å². The summed E-state index contributed by atoms with van der Waals surface area (Å²) in [6.45, 7) is 2.19. The van der Waals surface area contributed by atoms with Crippen LogP contribution in [0.1, 0.15) is 25.3 Å². The molecule has 0 saturated heterocycles. The first-order valence-electron chi connectivity index (χ1n) is 7.90. The fraction of sp³-hybridized carbons (Fsp3) is 0.412. The molecule has 1 fully saturated rings. The summed E-state index contributed by atoms with van der Waals surface area (Å²) in [5.74, 6) is 1.47. The van der Waals surface area contributed by atoms with Crippen LogP contribution < -0.4 is 16.4 Å². The predicted octanol–water partition coefficient (Wildman–Crippen LogP) is 1.70. The summed E-state index contributed by atoms with van der Waals surface area (Å²) in [4.78, 5) is 8.38. The summed E-state index contributed by atoms with van der Waals surface area (Å²) in [5.41, 5.74) is 7.40. The Balaban J connectivity index is 1.56. The number of benzene rings is 1. The molecule has 6 heteroatoms. The van der Waals surface area contributed by atoms with Crippen LogP contribution in [0.3, 0.4) is 0 Å². The average molecular weight is 313 g/mol. The van der Waals surface area contributed by atoms with E-state index in [1.54, 1.807) is 6.92 Å². The number of hydrogen-bond donors (Lipinski definition) is 4. The highest BCUT2D eigenvalue weighted by molar-refractivity contribution is 5.48. The zero-order valence-corrected chi connectivity index (χ0v) is 13.2. The van der Waals surface area contributed by atoms with Crippen molar-refractivity contribution < 1.29 is 5.11 Å². The monoisotopic (exact) mass is 313 g/mol. The summed E-state index contributed by atoms with van der Waals surface area (Å²) in [5, 5.41) is 15.8. The second-order valence-electron chi connectivity index (χ2n) is 6.29. The first-order chi connectivity index (χ1) is 11.0. The van der Waals surface area contributed by atoms with Crippen molar-refractivity contribution in [3.63, 3.8) is 0 Å². The van der Waals surface area contributed by atoms with E-state index < -0.39 is 6.10 Å². The molecule has 1 heterocycles. The molecule has 6 nitrogen and oxygen atoms in total. The van der Waals surface area contributed by atoms with Gasteiger partial charge in [0.15, 0.2) is 0 Å². The van der Waals surface area contributed by atoms with Crippen LogP contribution in [0.4, 0.5) is 11.6 Å². The van der Waals surface area contributed by atoms with Crippen molar-refractivity contribution in [2.24, 2.45) is 5.73 Å². The molecule has 1 aliphatic carbocycles. The second-order valence-corrected chi connectivity index (χ2v) is 6.29. The topological polar surface area (TPSA) is 96.1 Å². The van der Waals surface area contributed by atoms with Crippen LogP contribution in [-0.2, 0) is 5.54 Å². The van der Waals surface area contributed by atoms with Crippen molar-refractivity contribution >= 4 is 11.6 Å². The zero-order valence-electron chi connectivity index (χ0n) is 13.2. The molecule has 2 aromatic rings. The molecule has 122 valence electrons. The molecular formula is C17H23N5O. The summed E-state index contributed by atoms with van der Waals surface area (Å²) >= 11 is 0. The van der Waals surface area contributed by atoms with Gasteiger partial charge in [0.1, 0.15) is 18.0 Å². The minimum atomic E-state index is -0.420. The lowest BCUT2D eigenvalue weighted by molar-refractivity contribution is 0.208. The van der Waals surface area contributed by atoms with E-state index in [2.05, 4.69) is 32.7 Å². The van der Waals surface area contributed by atoms with Gasteiger partial charge in [-0.2, -0.15) is 0 Å². The van der Waals surface area contributed by atoms with Crippen LogP contribution >= 0.6 is 0 Å². The number of nitrogens with zero attached hydrogens (tertiary/aromatic N) is 2. The molecule has 1 saturated carbocycles. The number of aromatic nitrogens is 2. The molecular weight excluding hydrogens is 290 g/mol. The van der Waals surface area contributed by atoms with E-state index in [1.165, 1.54) is 11.9 Å². The highest BCUT2D eigenvalue weighted by Gasteiger charge is 2.42. The van der Waals surface area contributed by atoms with Gasteiger partial charge in [-0.3, -0.25) is 0 Å². The molecule has 3 rings (SSSR count). The highest BCUT2D eigenvalue weighted by atomic mass is 16.3. The molecule has 1 aromatic carbocycles. The Bertz CT molecular complexity index is 640. The summed E-state index contributed by atoms with van der Waals surface area (Å²) < 4.78 is 0. The molecule has 1 atom stereocenters. The van der Waals surface area contributed by atoms with Gasteiger partial charge in [-0.15, -0.1) is 0 Å². The van der Waals surface area contributed by atoms with Gasteiger partial charge in [-0.05, 0) is 25.3 Å². The van der Waals surface area contributed by atoms with Crippen LogP contribution in [0, 0.1) is 0 Å². The zero-order chi connectivity index (χ0) is 16.3. The van der Waals surface area contributed by atoms with Crippen LogP contribution in [0.2, 0.25) is 0 Å². The number of rotatable bonds is 6. The van der Waals surface area contributed by atoms with Crippen molar-refractivity contribution in [1.29, 1.82) is 0 Å². The van der Waals surface area contributed by atoms with Gasteiger partial charge < -0.3 is 21.5 Å². The molecule has 1 aliphatic rings. The van der Waals surface area contributed by atoms with Crippen LogP contribution in [-0.4, -0.2) is 33.8 Å². The van der Waals surface area contributed by atoms with Crippen molar-refractivity contribution in [2.75, 3.05) is 17.2 Å². The van der Waals surface area contributed by atoms with E-state index in [0.29, 0.717) is 18.4 Å². The number of nitrogens with two attached hydrogens (primary N) is 1. The smallest absolute Gasteiger partial charge is 0.131 e. The van der Waals surface area contributed by atoms with Gasteiger partial charge in [-0.25, -0.2) is 9.97 Å². The van der Waals surface area contributed by atoms with Gasteiger partial charge in [0.05, 0.1) is 6.10 Å². The normalized spacial score (nSPS) is 24.6. The second kappa shape index (κ2) is 6.52. The molecule has 23 heavy (non-hydrogen) atoms. The minimum Gasteiger partial charge on any atom is -0.392 e. The predicted molar refractivity (Wildman–Crippen MR) is 91.2 cm³/mol. The Morgan fingerprint density at radius 1 is 1.26 bits per heavy atom. The maximum Gasteiger partial charge on any atom is 0.131 e. The Morgan fingerprint density at radius 2 is 1.96 bits per heavy atom. The number of anilines is 2. The van der Waals surface area contributed by atoms with Crippen molar-refractivity contribution in [1.82, 2.24) is 9.97 Å². The van der Waals surface area contributed by atoms with Crippen LogP contribution in [0.5, 0.6) is 0 Å². The lowest BCUT2D eigenvalue weighted by Gasteiger charge is -2.45. The first kappa shape index (κ1) is 15.7. The van der Waals surface area contributed by atoms with Gasteiger partial charge in [-0.1, -0.05) is 30.3 Å². The fourth-order valence-corrected chi connectivity index (χ4v) is 2.92. The van der Waals surface area contributed by atoms with Crippen molar-refractivity contribution in [2.45, 2.75) is 37.5 Å². The minimum absolute atomic E-state index is 0.251. The summed E-state index contributed by atoms with van der Waals surface area (Å²) in [7, 11) is 0. The average Bonchev–Trinajstić information content (AvgIpc) is 2.52. The molecule has 0 spiro atoms. The molecule has 5 N–H and O–H groups in total. The third-order valence-corrected chi connectivity index (χ3v) is 4.17. The standard InChI is InChI=1S/C17H23N5O/c1-12(23)10-19-15-7-16(21-11-20-15)22-14-8-17(18,9-14)13-5-3-2-4-6-13/h2-7,11-12,14,23H,8-10,18H2,1H3,(H2,19,20,21,22). The SMILES string of the molecule is CC(O)CNc1cc(NC2CC(N)(c3ccccc3)C2)ncn1. The Morgan fingerprint density at radius 3 is 2.65 bits per heavy atom. The van der Waals surface area contributed by atoms with Crippen molar-refractivity contribution in [3.05, 3.63) is 48.3 Å². The van der Waals surface area contributed by atoms with E-state index >= 15 is 0 Å². The molecule has 1 unspecified atom stereocenters. The lowest BCUT2D eigenvalue weighted by atomic mass is 9.69. The fourth-order valence-electron chi connectivity index (χ4n) is 2.92. The van der Waals surface area contributed by atoms with Gasteiger partial charge in [0, 0.05) is 24.2 Å². The van der Waals surface area contributed by atoms with Gasteiger partial charge in [0.25, 0.3) is 0 Å². The van der Waals surface area contributed by atoms with Crippen LogP contribution in [0.25, 0.3) is 0 Å². The molecule has 1 aromatic heterocycles. The maximum absolute atomic E-state index is 9.31. The van der Waals surface area contributed by atoms with E-state index in [0.717, 1.165) is 18.7 Å². The highest BCUT2D eigenvalue weighted by Crippen LogP contribution is 2.40. The third-order valence-electron chi connectivity index (χ3n) is 4.17. The summed E-state index contributed by atoms with van der Waals surface area (Å²) in [6, 6.07) is 12.4. The number of nitrogens with one attached hydrogen (secondary N) is 2. The first-order valence-corrected chi connectivity index (χ1v) is 7.90. The molecule has 0 aliphatic heterocycles. The van der Waals surface area contributed by atoms with Gasteiger partial charge >= 0.3 is 0 Å². The molecule has 0 amide bonds. The Kier molecular flexibility index (Phi) is 4.45. The maximum atomic E-state index is 9.31. The largest absolute Gasteiger partial charge is 0.392 e. The molecule has 0 bridgehead atoms. The van der Waals surface area contributed by atoms with E-state index in [-0.39, 0.29) is 5.54 Å². The summed E-state index contributed by atoms with van der Waals surface area (Å²) in [6.07, 6.45) is 2.84. The number of aliphatic hydroxyl groups excluding tert-OH is 1. The quantitative estimate of drug-likeness (QED) is 0.648. The third kappa shape index (κ3) is 3.78. The Hall–Kier alpha value is -2.18. The van der Waals surface area contributed by atoms with E-state index in [9.17, 15) is 5.11 Å². The van der Waals surface area contributed by atoms with Gasteiger partial charge in [0.2, 0.25) is 0 Å². The number of hydrogen-bond acceptors (Lipinski definition) is 6. The van der Waals surface area contributed by atoms with Crippen LogP contribution in [0.15, 0.2) is 42.7 Å².